The minimum absolute atomic E-state index is 0.504. The lowest BCUT2D eigenvalue weighted by Crippen LogP contribution is -2.40. The average molecular weight is 388 g/mol. The fraction of sp³-hybridized carbons (Fsp3) is 0.524. The highest BCUT2D eigenvalue weighted by molar-refractivity contribution is 7.09. The number of guanidine groups is 1. The molecule has 0 bridgehead atoms. The number of nitrogens with zero attached hydrogens (tertiary/aromatic N) is 3. The maximum absolute atomic E-state index is 4.50. The van der Waals surface area contributed by atoms with E-state index in [-0.39, 0.29) is 0 Å². The summed E-state index contributed by atoms with van der Waals surface area (Å²) in [6.07, 6.45) is 3.15. The molecular weight excluding hydrogens is 354 g/mol. The summed E-state index contributed by atoms with van der Waals surface area (Å²) < 4.78 is 0. The number of aliphatic imine (C=N–C) groups is 1. The molecule has 0 saturated heterocycles. The zero-order valence-electron chi connectivity index (χ0n) is 17.0. The van der Waals surface area contributed by atoms with E-state index in [1.165, 1.54) is 10.6 Å². The normalized spacial score (nSPS) is 13.0. The molecule has 148 valence electrons. The van der Waals surface area contributed by atoms with Gasteiger partial charge in [0, 0.05) is 50.2 Å². The van der Waals surface area contributed by atoms with Crippen molar-refractivity contribution in [3.05, 3.63) is 52.0 Å². The van der Waals surface area contributed by atoms with Crippen LogP contribution in [0.25, 0.3) is 0 Å². The zero-order chi connectivity index (χ0) is 19.5. The van der Waals surface area contributed by atoms with Gasteiger partial charge in [-0.3, -0.25) is 9.89 Å². The monoisotopic (exact) mass is 387 g/mol. The molecule has 0 saturated carbocycles. The summed E-state index contributed by atoms with van der Waals surface area (Å²) in [4.78, 5) is 11.2. The second kappa shape index (κ2) is 11.7. The molecule has 1 unspecified atom stereocenters. The lowest BCUT2D eigenvalue weighted by atomic mass is 10.1. The second-order valence-electron chi connectivity index (χ2n) is 6.95. The zero-order valence-corrected chi connectivity index (χ0v) is 17.9. The summed E-state index contributed by atoms with van der Waals surface area (Å²) in [6, 6.07) is 11.1. The van der Waals surface area contributed by atoms with E-state index in [1.807, 2.05) is 14.0 Å². The van der Waals surface area contributed by atoms with Crippen LogP contribution in [0.1, 0.15) is 36.0 Å². The van der Waals surface area contributed by atoms with Gasteiger partial charge in [-0.1, -0.05) is 30.3 Å². The second-order valence-corrected chi connectivity index (χ2v) is 7.89. The van der Waals surface area contributed by atoms with Crippen LogP contribution >= 0.6 is 11.3 Å². The molecule has 1 heterocycles. The summed E-state index contributed by atoms with van der Waals surface area (Å²) in [6.45, 7) is 7.11. The Morgan fingerprint density at radius 3 is 2.63 bits per heavy atom. The summed E-state index contributed by atoms with van der Waals surface area (Å²) >= 11 is 1.74. The summed E-state index contributed by atoms with van der Waals surface area (Å²) in [7, 11) is 4.01. The van der Waals surface area contributed by atoms with Crippen molar-refractivity contribution in [2.24, 2.45) is 4.99 Å². The average Bonchev–Trinajstić information content (AvgIpc) is 3.09. The first-order valence-electron chi connectivity index (χ1n) is 9.68. The van der Waals surface area contributed by atoms with Gasteiger partial charge in [0.15, 0.2) is 5.96 Å². The third kappa shape index (κ3) is 8.10. The van der Waals surface area contributed by atoms with Crippen molar-refractivity contribution >= 4 is 17.3 Å². The van der Waals surface area contributed by atoms with Gasteiger partial charge in [-0.15, -0.1) is 11.3 Å². The van der Waals surface area contributed by atoms with Crippen LogP contribution in [0.2, 0.25) is 0 Å². The van der Waals surface area contributed by atoms with Crippen molar-refractivity contribution in [3.8, 4) is 0 Å². The molecule has 1 aromatic carbocycles. The van der Waals surface area contributed by atoms with Gasteiger partial charge in [0.2, 0.25) is 0 Å². The first kappa shape index (κ1) is 21.4. The van der Waals surface area contributed by atoms with Crippen LogP contribution in [-0.2, 0) is 13.0 Å². The molecular formula is C21H33N5S. The van der Waals surface area contributed by atoms with Crippen LogP contribution in [0.3, 0.4) is 0 Å². The Labute approximate surface area is 167 Å². The maximum Gasteiger partial charge on any atom is 0.190 e. The number of aromatic nitrogens is 1. The maximum atomic E-state index is 4.50. The van der Waals surface area contributed by atoms with Gasteiger partial charge < -0.3 is 10.6 Å². The van der Waals surface area contributed by atoms with E-state index < -0.39 is 0 Å². The van der Waals surface area contributed by atoms with Crippen LogP contribution in [0.15, 0.2) is 40.7 Å². The van der Waals surface area contributed by atoms with Gasteiger partial charge in [0.1, 0.15) is 0 Å². The SMILES string of the molecule is CN=C(NCCCc1nc(C)cs1)NCCC(C)N(C)Cc1ccccc1. The third-order valence-electron chi connectivity index (χ3n) is 4.63. The molecule has 1 atom stereocenters. The highest BCUT2D eigenvalue weighted by Crippen LogP contribution is 2.10. The topological polar surface area (TPSA) is 52.6 Å². The standard InChI is InChI=1S/C21H33N5S/c1-17-16-27-20(25-17)11-8-13-23-21(22-3)24-14-12-18(2)26(4)15-19-9-6-5-7-10-19/h5-7,9-10,16,18H,8,11-15H2,1-4H3,(H2,22,23,24). The first-order valence-corrected chi connectivity index (χ1v) is 10.6. The minimum Gasteiger partial charge on any atom is -0.356 e. The van der Waals surface area contributed by atoms with Crippen LogP contribution in [-0.4, -0.2) is 49.1 Å². The first-order chi connectivity index (χ1) is 13.1. The molecule has 2 aromatic rings. The van der Waals surface area contributed by atoms with Gasteiger partial charge in [0.05, 0.1) is 5.01 Å². The van der Waals surface area contributed by atoms with Gasteiger partial charge >= 0.3 is 0 Å². The number of hydrogen-bond acceptors (Lipinski definition) is 4. The predicted octanol–water partition coefficient (Wildman–Crippen LogP) is 3.46. The smallest absolute Gasteiger partial charge is 0.190 e. The Morgan fingerprint density at radius 2 is 1.96 bits per heavy atom. The molecule has 0 radical (unpaired) electrons. The van der Waals surface area contributed by atoms with Crippen LogP contribution < -0.4 is 10.6 Å². The van der Waals surface area contributed by atoms with Crippen molar-refractivity contribution in [3.63, 3.8) is 0 Å². The fourth-order valence-corrected chi connectivity index (χ4v) is 3.65. The lowest BCUT2D eigenvalue weighted by Gasteiger charge is -2.25. The Kier molecular flexibility index (Phi) is 9.28. The van der Waals surface area contributed by atoms with Crippen LogP contribution in [0, 0.1) is 6.92 Å². The molecule has 27 heavy (non-hydrogen) atoms. The van der Waals surface area contributed by atoms with Crippen LogP contribution in [0.4, 0.5) is 0 Å². The van der Waals surface area contributed by atoms with Crippen molar-refractivity contribution in [2.45, 2.75) is 45.7 Å². The van der Waals surface area contributed by atoms with E-state index in [2.05, 4.69) is 75.2 Å². The van der Waals surface area contributed by atoms with Gasteiger partial charge in [-0.2, -0.15) is 0 Å². The largest absolute Gasteiger partial charge is 0.356 e. The van der Waals surface area contributed by atoms with Crippen molar-refractivity contribution in [2.75, 3.05) is 27.2 Å². The summed E-state index contributed by atoms with van der Waals surface area (Å²) in [5.74, 6) is 0.878. The van der Waals surface area contributed by atoms with Crippen molar-refractivity contribution in [1.29, 1.82) is 0 Å². The lowest BCUT2D eigenvalue weighted by molar-refractivity contribution is 0.238. The Bertz CT molecular complexity index is 683. The predicted molar refractivity (Wildman–Crippen MR) is 117 cm³/mol. The van der Waals surface area contributed by atoms with Crippen molar-refractivity contribution in [1.82, 2.24) is 20.5 Å². The molecule has 6 heteroatoms. The number of rotatable bonds is 10. The van der Waals surface area contributed by atoms with Gasteiger partial charge in [-0.25, -0.2) is 4.98 Å². The van der Waals surface area contributed by atoms with E-state index in [0.717, 1.165) is 50.6 Å². The third-order valence-corrected chi connectivity index (χ3v) is 5.66. The number of nitrogens with one attached hydrogen (secondary N) is 2. The van der Waals surface area contributed by atoms with Crippen molar-refractivity contribution < 1.29 is 0 Å². The van der Waals surface area contributed by atoms with E-state index in [4.69, 9.17) is 0 Å². The Balaban J connectivity index is 1.60. The summed E-state index contributed by atoms with van der Waals surface area (Å²) in [5.41, 5.74) is 2.47. The van der Waals surface area contributed by atoms with Gasteiger partial charge in [-0.05, 0) is 39.3 Å². The molecule has 0 fully saturated rings. The summed E-state index contributed by atoms with van der Waals surface area (Å²) in [5, 5.41) is 10.1. The molecule has 5 nitrogen and oxygen atoms in total. The highest BCUT2D eigenvalue weighted by Gasteiger charge is 2.09. The Hall–Kier alpha value is -1.92. The van der Waals surface area contributed by atoms with E-state index in [0.29, 0.717) is 6.04 Å². The van der Waals surface area contributed by atoms with Crippen LogP contribution in [0.5, 0.6) is 0 Å². The molecule has 0 aliphatic heterocycles. The molecule has 0 amide bonds. The van der Waals surface area contributed by atoms with E-state index in [9.17, 15) is 0 Å². The quantitative estimate of drug-likeness (QED) is 0.372. The van der Waals surface area contributed by atoms with E-state index >= 15 is 0 Å². The van der Waals surface area contributed by atoms with Gasteiger partial charge in [0.25, 0.3) is 0 Å². The number of aryl methyl sites for hydroxylation is 2. The molecule has 2 rings (SSSR count). The Morgan fingerprint density at radius 1 is 1.22 bits per heavy atom. The fourth-order valence-electron chi connectivity index (χ4n) is 2.83. The van der Waals surface area contributed by atoms with E-state index in [1.54, 1.807) is 11.3 Å². The molecule has 1 aromatic heterocycles. The highest BCUT2D eigenvalue weighted by atomic mass is 32.1. The molecule has 0 spiro atoms. The molecule has 0 aliphatic rings. The number of thiazole rings is 1. The molecule has 2 N–H and O–H groups in total. The number of hydrogen-bond donors (Lipinski definition) is 2. The minimum atomic E-state index is 0.504. The molecule has 0 aliphatic carbocycles. The number of benzene rings is 1.